The third-order valence-corrected chi connectivity index (χ3v) is 8.72. The molecule has 0 atom stereocenters. The molecule has 1 aromatic heterocycles. The average molecular weight is 527 g/mol. The first-order valence-electron chi connectivity index (χ1n) is 13.8. The van der Waals surface area contributed by atoms with E-state index in [0.717, 1.165) is 49.6 Å². The molecule has 41 heavy (non-hydrogen) atoms. The lowest BCUT2D eigenvalue weighted by molar-refractivity contribution is 0.660. The molecule has 0 bridgehead atoms. The molecule has 5 aromatic carbocycles. The molecule has 0 amide bonds. The largest absolute Gasteiger partial charge is 0.299 e. The number of nitrogens with zero attached hydrogens (tertiary/aromatic N) is 2. The van der Waals surface area contributed by atoms with Crippen LogP contribution < -0.4 is 0 Å². The van der Waals surface area contributed by atoms with Gasteiger partial charge in [-0.05, 0) is 62.9 Å². The van der Waals surface area contributed by atoms with Crippen LogP contribution >= 0.6 is 0 Å². The van der Waals surface area contributed by atoms with Gasteiger partial charge in [0.05, 0.1) is 22.6 Å². The standard InChI is InChI=1S/C37H26N4/c1-37(2)29-9-5-3-7-26(29)27-17-13-23(20-30(27)37)35-28-8-4-6-10-32(28)40-36(41-35)24-14-16-25-22(19-24)12-11-21-15-18-31(38)34(39)33(21)25/h3-20,38-39H,1-2H3. The summed E-state index contributed by atoms with van der Waals surface area (Å²) in [5.74, 6) is 0.670. The minimum Gasteiger partial charge on any atom is -0.299 e. The zero-order chi connectivity index (χ0) is 27.9. The second kappa shape index (κ2) is 8.39. The quantitative estimate of drug-likeness (QED) is 0.236. The van der Waals surface area contributed by atoms with E-state index in [1.54, 1.807) is 6.08 Å². The van der Waals surface area contributed by atoms with Crippen molar-refractivity contribution in [2.24, 2.45) is 0 Å². The maximum absolute atomic E-state index is 8.51. The van der Waals surface area contributed by atoms with Gasteiger partial charge in [0.1, 0.15) is 0 Å². The third-order valence-electron chi connectivity index (χ3n) is 8.72. The van der Waals surface area contributed by atoms with Crippen LogP contribution in [0.25, 0.3) is 61.5 Å². The highest BCUT2D eigenvalue weighted by atomic mass is 14.9. The van der Waals surface area contributed by atoms with Crippen molar-refractivity contribution in [1.82, 2.24) is 9.97 Å². The molecule has 194 valence electrons. The predicted molar refractivity (Wildman–Crippen MR) is 169 cm³/mol. The fourth-order valence-electron chi connectivity index (χ4n) is 6.57. The molecular formula is C37H26N4. The highest BCUT2D eigenvalue weighted by Gasteiger charge is 2.35. The van der Waals surface area contributed by atoms with Crippen molar-refractivity contribution in [1.29, 1.82) is 10.8 Å². The second-order valence-corrected chi connectivity index (χ2v) is 11.4. The van der Waals surface area contributed by atoms with Crippen molar-refractivity contribution >= 4 is 39.2 Å². The Kier molecular flexibility index (Phi) is 4.84. The van der Waals surface area contributed by atoms with Crippen molar-refractivity contribution in [3.05, 3.63) is 125 Å². The van der Waals surface area contributed by atoms with Gasteiger partial charge in [0.25, 0.3) is 0 Å². The van der Waals surface area contributed by atoms with Crippen LogP contribution in [-0.4, -0.2) is 21.4 Å². The van der Waals surface area contributed by atoms with Gasteiger partial charge in [-0.3, -0.25) is 10.8 Å². The summed E-state index contributed by atoms with van der Waals surface area (Å²) in [5, 5.41) is 19.6. The number of hydrogen-bond acceptors (Lipinski definition) is 4. The van der Waals surface area contributed by atoms with Crippen LogP contribution in [-0.2, 0) is 5.41 Å². The molecule has 2 N–H and O–H groups in total. The van der Waals surface area contributed by atoms with Crippen LogP contribution in [0.15, 0.2) is 103 Å². The SMILES string of the molecule is CC1(C)c2ccccc2-c2ccc(-c3nc(-c4ccc5c6c(ccc5c4)C=CC(=N)C6=N)nc4ccccc34)cc21. The molecule has 0 spiro atoms. The summed E-state index contributed by atoms with van der Waals surface area (Å²) in [6.45, 7) is 4.60. The molecule has 6 aromatic rings. The third kappa shape index (κ3) is 3.40. The summed E-state index contributed by atoms with van der Waals surface area (Å²) < 4.78 is 0. The predicted octanol–water partition coefficient (Wildman–Crippen LogP) is 8.84. The van der Waals surface area contributed by atoms with Gasteiger partial charge in [-0.15, -0.1) is 0 Å². The van der Waals surface area contributed by atoms with Gasteiger partial charge in [0, 0.05) is 27.5 Å². The Hall–Kier alpha value is -5.22. The molecule has 0 saturated carbocycles. The number of allylic oxidation sites excluding steroid dienone is 1. The summed E-state index contributed by atoms with van der Waals surface area (Å²) in [6.07, 6.45) is 3.60. The number of rotatable bonds is 2. The molecule has 0 aliphatic heterocycles. The fourth-order valence-corrected chi connectivity index (χ4v) is 6.57. The van der Waals surface area contributed by atoms with Crippen molar-refractivity contribution < 1.29 is 0 Å². The molecular weight excluding hydrogens is 500 g/mol. The van der Waals surface area contributed by atoms with Crippen molar-refractivity contribution in [2.75, 3.05) is 0 Å². The molecule has 4 heteroatoms. The summed E-state index contributed by atoms with van der Waals surface area (Å²) in [7, 11) is 0. The summed E-state index contributed by atoms with van der Waals surface area (Å²) >= 11 is 0. The van der Waals surface area contributed by atoms with Crippen LogP contribution in [0.5, 0.6) is 0 Å². The lowest BCUT2D eigenvalue weighted by Crippen LogP contribution is -2.16. The molecule has 0 unspecified atom stereocenters. The Morgan fingerprint density at radius 2 is 1.41 bits per heavy atom. The van der Waals surface area contributed by atoms with Crippen LogP contribution in [0, 0.1) is 10.8 Å². The Labute approximate surface area is 238 Å². The highest BCUT2D eigenvalue weighted by Crippen LogP contribution is 2.49. The minimum absolute atomic E-state index is 0.0929. The van der Waals surface area contributed by atoms with Crippen LogP contribution in [0.4, 0.5) is 0 Å². The van der Waals surface area contributed by atoms with Gasteiger partial charge in [-0.25, -0.2) is 9.97 Å². The van der Waals surface area contributed by atoms with Gasteiger partial charge < -0.3 is 0 Å². The summed E-state index contributed by atoms with van der Waals surface area (Å²) in [5.41, 5.74) is 11.3. The molecule has 0 saturated heterocycles. The van der Waals surface area contributed by atoms with Gasteiger partial charge in [0.2, 0.25) is 0 Å². The van der Waals surface area contributed by atoms with Gasteiger partial charge >= 0.3 is 0 Å². The van der Waals surface area contributed by atoms with Gasteiger partial charge in [0.15, 0.2) is 5.82 Å². The van der Waals surface area contributed by atoms with E-state index >= 15 is 0 Å². The second-order valence-electron chi connectivity index (χ2n) is 11.4. The molecule has 2 aliphatic carbocycles. The normalized spacial score (nSPS) is 14.8. The molecule has 0 radical (unpaired) electrons. The number of para-hydroxylation sites is 1. The fraction of sp³-hybridized carbons (Fsp3) is 0.0811. The zero-order valence-electron chi connectivity index (χ0n) is 22.8. The highest BCUT2D eigenvalue weighted by molar-refractivity contribution is 6.53. The first-order valence-corrected chi connectivity index (χ1v) is 13.8. The van der Waals surface area contributed by atoms with E-state index in [1.807, 2.05) is 42.5 Å². The Balaban J connectivity index is 1.31. The van der Waals surface area contributed by atoms with Crippen molar-refractivity contribution in [3.8, 4) is 33.8 Å². The number of nitrogens with one attached hydrogen (secondary N) is 2. The average Bonchev–Trinajstić information content (AvgIpc) is 3.24. The molecule has 2 aliphatic rings. The van der Waals surface area contributed by atoms with E-state index in [-0.39, 0.29) is 16.8 Å². The smallest absolute Gasteiger partial charge is 0.160 e. The van der Waals surface area contributed by atoms with E-state index in [1.165, 1.54) is 22.3 Å². The van der Waals surface area contributed by atoms with E-state index in [2.05, 4.69) is 74.5 Å². The monoisotopic (exact) mass is 526 g/mol. The lowest BCUT2D eigenvalue weighted by Gasteiger charge is -2.22. The zero-order valence-corrected chi connectivity index (χ0v) is 22.8. The minimum atomic E-state index is -0.0929. The van der Waals surface area contributed by atoms with Crippen LogP contribution in [0.3, 0.4) is 0 Å². The first-order chi connectivity index (χ1) is 19.9. The van der Waals surface area contributed by atoms with E-state index in [0.29, 0.717) is 5.82 Å². The van der Waals surface area contributed by atoms with E-state index in [9.17, 15) is 0 Å². The van der Waals surface area contributed by atoms with Gasteiger partial charge in [-0.2, -0.15) is 0 Å². The van der Waals surface area contributed by atoms with E-state index < -0.39 is 0 Å². The topological polar surface area (TPSA) is 73.5 Å². The molecule has 0 fully saturated rings. The molecule has 8 rings (SSSR count). The Morgan fingerprint density at radius 1 is 0.634 bits per heavy atom. The Bertz CT molecular complexity index is 2170. The van der Waals surface area contributed by atoms with Crippen molar-refractivity contribution in [3.63, 3.8) is 0 Å². The number of hydrogen-bond donors (Lipinski definition) is 2. The maximum atomic E-state index is 8.51. The van der Waals surface area contributed by atoms with Crippen molar-refractivity contribution in [2.45, 2.75) is 19.3 Å². The van der Waals surface area contributed by atoms with E-state index in [4.69, 9.17) is 20.8 Å². The lowest BCUT2D eigenvalue weighted by atomic mass is 9.82. The summed E-state index contributed by atoms with van der Waals surface area (Å²) in [6, 6.07) is 33.9. The van der Waals surface area contributed by atoms with Crippen LogP contribution in [0.2, 0.25) is 0 Å². The van der Waals surface area contributed by atoms with Crippen LogP contribution in [0.1, 0.15) is 36.1 Å². The molecule has 4 nitrogen and oxygen atoms in total. The molecule has 1 heterocycles. The summed E-state index contributed by atoms with van der Waals surface area (Å²) in [4.78, 5) is 10.2. The first kappa shape index (κ1) is 23.6. The number of fused-ring (bicyclic) bond motifs is 7. The van der Waals surface area contributed by atoms with Gasteiger partial charge in [-0.1, -0.05) is 98.8 Å². The maximum Gasteiger partial charge on any atom is 0.160 e. The number of benzene rings is 5. The Morgan fingerprint density at radius 3 is 2.32 bits per heavy atom. The number of aromatic nitrogens is 2.